The molecule has 0 unspecified atom stereocenters. The van der Waals surface area contributed by atoms with Crippen molar-refractivity contribution in [3.8, 4) is 0 Å². The quantitative estimate of drug-likeness (QED) is 0.711. The molecule has 0 saturated carbocycles. The van der Waals surface area contributed by atoms with E-state index in [4.69, 9.17) is 0 Å². The van der Waals surface area contributed by atoms with Crippen molar-refractivity contribution in [2.24, 2.45) is 0 Å². The predicted octanol–water partition coefficient (Wildman–Crippen LogP) is 4.06. The van der Waals surface area contributed by atoms with Gasteiger partial charge in [0, 0.05) is 4.75 Å². The van der Waals surface area contributed by atoms with Gasteiger partial charge in [0.1, 0.15) is 0 Å². The smallest absolute Gasteiger partial charge is 0.00814 e. The summed E-state index contributed by atoms with van der Waals surface area (Å²) in [6.07, 6.45) is 1.08. The summed E-state index contributed by atoms with van der Waals surface area (Å²) in [6.45, 7) is 8.89. The van der Waals surface area contributed by atoms with Gasteiger partial charge in [0.15, 0.2) is 0 Å². The van der Waals surface area contributed by atoms with Gasteiger partial charge in [0.25, 0.3) is 0 Å². The monoisotopic (exact) mass is 208 g/mol. The second-order valence-electron chi connectivity index (χ2n) is 5.24. The molecular formula is C13H20S. The first-order chi connectivity index (χ1) is 6.31. The Morgan fingerprint density at radius 1 is 1.00 bits per heavy atom. The van der Waals surface area contributed by atoms with Gasteiger partial charge in [0.05, 0.1) is 0 Å². The molecule has 78 valence electrons. The minimum absolute atomic E-state index is 0.0827. The van der Waals surface area contributed by atoms with Gasteiger partial charge >= 0.3 is 0 Å². The second-order valence-corrected chi connectivity index (χ2v) is 6.45. The van der Waals surface area contributed by atoms with Crippen LogP contribution in [-0.2, 0) is 5.41 Å². The Kier molecular flexibility index (Phi) is 3.31. The first kappa shape index (κ1) is 11.6. The van der Waals surface area contributed by atoms with Crippen LogP contribution in [0.15, 0.2) is 30.3 Å². The van der Waals surface area contributed by atoms with Gasteiger partial charge < -0.3 is 0 Å². The van der Waals surface area contributed by atoms with Gasteiger partial charge in [-0.1, -0.05) is 58.0 Å². The third kappa shape index (κ3) is 3.38. The zero-order valence-electron chi connectivity index (χ0n) is 9.54. The number of hydrogen-bond acceptors (Lipinski definition) is 1. The van der Waals surface area contributed by atoms with E-state index < -0.39 is 0 Å². The molecule has 0 saturated heterocycles. The van der Waals surface area contributed by atoms with Gasteiger partial charge in [0.2, 0.25) is 0 Å². The van der Waals surface area contributed by atoms with Gasteiger partial charge in [-0.05, 0) is 17.4 Å². The normalized spacial score (nSPS) is 12.9. The van der Waals surface area contributed by atoms with Crippen LogP contribution >= 0.6 is 12.6 Å². The highest BCUT2D eigenvalue weighted by Crippen LogP contribution is 2.34. The summed E-state index contributed by atoms with van der Waals surface area (Å²) >= 11 is 4.60. The molecule has 0 aliphatic carbocycles. The Bertz CT molecular complexity index is 280. The Morgan fingerprint density at radius 3 is 1.93 bits per heavy atom. The van der Waals surface area contributed by atoms with Gasteiger partial charge in [-0.25, -0.2) is 0 Å². The van der Waals surface area contributed by atoms with E-state index in [9.17, 15) is 0 Å². The summed E-state index contributed by atoms with van der Waals surface area (Å²) in [7, 11) is 0. The molecule has 14 heavy (non-hydrogen) atoms. The molecule has 1 heteroatoms. The standard InChI is InChI=1S/C13H20S/c1-12(2,10-13(3,4)14)11-8-6-5-7-9-11/h5-9,14H,10H2,1-4H3. The van der Waals surface area contributed by atoms with E-state index in [1.807, 2.05) is 0 Å². The third-order valence-electron chi connectivity index (χ3n) is 2.43. The summed E-state index contributed by atoms with van der Waals surface area (Å²) in [5.41, 5.74) is 1.59. The molecule has 0 amide bonds. The largest absolute Gasteiger partial charge is 0.173 e. The van der Waals surface area contributed by atoms with Crippen molar-refractivity contribution in [2.45, 2.75) is 44.3 Å². The maximum absolute atomic E-state index is 4.60. The van der Waals surface area contributed by atoms with Crippen molar-refractivity contribution >= 4 is 12.6 Å². The molecule has 0 aliphatic heterocycles. The lowest BCUT2D eigenvalue weighted by molar-refractivity contribution is 0.426. The summed E-state index contributed by atoms with van der Waals surface area (Å²) in [6, 6.07) is 10.6. The van der Waals surface area contributed by atoms with Crippen LogP contribution in [0.25, 0.3) is 0 Å². The molecule has 0 aliphatic rings. The molecule has 0 atom stereocenters. The van der Waals surface area contributed by atoms with Crippen LogP contribution in [0.4, 0.5) is 0 Å². The van der Waals surface area contributed by atoms with Gasteiger partial charge in [-0.15, -0.1) is 0 Å². The van der Waals surface area contributed by atoms with Crippen molar-refractivity contribution in [1.29, 1.82) is 0 Å². The first-order valence-electron chi connectivity index (χ1n) is 5.09. The van der Waals surface area contributed by atoms with Crippen LogP contribution in [0.2, 0.25) is 0 Å². The van der Waals surface area contributed by atoms with Crippen LogP contribution in [0.1, 0.15) is 39.7 Å². The minimum Gasteiger partial charge on any atom is -0.173 e. The summed E-state index contributed by atoms with van der Waals surface area (Å²) in [5.74, 6) is 0. The maximum atomic E-state index is 4.60. The molecule has 1 rings (SSSR count). The average Bonchev–Trinajstić information content (AvgIpc) is 2.01. The molecule has 0 bridgehead atoms. The molecule has 1 aromatic rings. The molecule has 0 aromatic heterocycles. The molecular weight excluding hydrogens is 188 g/mol. The van der Waals surface area contributed by atoms with E-state index in [-0.39, 0.29) is 10.2 Å². The predicted molar refractivity (Wildman–Crippen MR) is 67.2 cm³/mol. The van der Waals surface area contributed by atoms with Crippen LogP contribution in [0.5, 0.6) is 0 Å². The van der Waals surface area contributed by atoms with Crippen molar-refractivity contribution < 1.29 is 0 Å². The second kappa shape index (κ2) is 3.98. The van der Waals surface area contributed by atoms with E-state index in [0.29, 0.717) is 0 Å². The summed E-state index contributed by atoms with van der Waals surface area (Å²) in [4.78, 5) is 0. The van der Waals surface area contributed by atoms with Crippen molar-refractivity contribution in [1.82, 2.24) is 0 Å². The highest BCUT2D eigenvalue weighted by atomic mass is 32.1. The van der Waals surface area contributed by atoms with Crippen LogP contribution < -0.4 is 0 Å². The van der Waals surface area contributed by atoms with Crippen molar-refractivity contribution in [3.63, 3.8) is 0 Å². The van der Waals surface area contributed by atoms with E-state index in [2.05, 4.69) is 70.7 Å². The highest BCUT2D eigenvalue weighted by Gasteiger charge is 2.27. The lowest BCUT2D eigenvalue weighted by atomic mass is 9.77. The van der Waals surface area contributed by atoms with Crippen LogP contribution in [-0.4, -0.2) is 4.75 Å². The number of hydrogen-bond donors (Lipinski definition) is 1. The molecule has 1 aromatic carbocycles. The van der Waals surface area contributed by atoms with E-state index in [0.717, 1.165) is 6.42 Å². The van der Waals surface area contributed by atoms with Gasteiger partial charge in [-0.2, -0.15) is 12.6 Å². The number of thiol groups is 1. The van der Waals surface area contributed by atoms with Crippen LogP contribution in [0, 0.1) is 0 Å². The third-order valence-corrected chi connectivity index (χ3v) is 2.59. The molecule has 0 nitrogen and oxygen atoms in total. The lowest BCUT2D eigenvalue weighted by Gasteiger charge is -2.32. The van der Waals surface area contributed by atoms with Crippen molar-refractivity contribution in [3.05, 3.63) is 35.9 Å². The highest BCUT2D eigenvalue weighted by molar-refractivity contribution is 7.81. The molecule has 0 fully saturated rings. The fourth-order valence-electron chi connectivity index (χ4n) is 2.07. The van der Waals surface area contributed by atoms with Crippen LogP contribution in [0.3, 0.4) is 0 Å². The van der Waals surface area contributed by atoms with E-state index in [1.165, 1.54) is 5.56 Å². The Hall–Kier alpha value is -0.430. The fourth-order valence-corrected chi connectivity index (χ4v) is 2.47. The SMILES string of the molecule is CC(C)(S)CC(C)(C)c1ccccc1. The molecule has 0 heterocycles. The zero-order valence-corrected chi connectivity index (χ0v) is 10.4. The molecule has 0 spiro atoms. The Morgan fingerprint density at radius 2 is 1.50 bits per heavy atom. The van der Waals surface area contributed by atoms with E-state index >= 15 is 0 Å². The summed E-state index contributed by atoms with van der Waals surface area (Å²) < 4.78 is 0.0827. The van der Waals surface area contributed by atoms with Crippen molar-refractivity contribution in [2.75, 3.05) is 0 Å². The lowest BCUT2D eigenvalue weighted by Crippen LogP contribution is -2.27. The number of benzene rings is 1. The van der Waals surface area contributed by atoms with Gasteiger partial charge in [-0.3, -0.25) is 0 Å². The Labute approximate surface area is 93.1 Å². The summed E-state index contributed by atoms with van der Waals surface area (Å²) in [5, 5.41) is 0. The van der Waals surface area contributed by atoms with E-state index in [1.54, 1.807) is 0 Å². The first-order valence-corrected chi connectivity index (χ1v) is 5.54. The Balaban J connectivity index is 2.86. The minimum atomic E-state index is 0.0827. The maximum Gasteiger partial charge on any atom is 0.00814 e. The molecule has 0 N–H and O–H groups in total. The zero-order chi connectivity index (χ0) is 10.8. The fraction of sp³-hybridized carbons (Fsp3) is 0.538. The number of rotatable bonds is 3. The molecule has 0 radical (unpaired) electrons. The average molecular weight is 208 g/mol. The topological polar surface area (TPSA) is 0 Å².